The van der Waals surface area contributed by atoms with E-state index in [1.165, 1.54) is 12.1 Å². The summed E-state index contributed by atoms with van der Waals surface area (Å²) in [6.07, 6.45) is 2.58. The molecule has 0 saturated heterocycles. The topological polar surface area (TPSA) is 4.93 Å². The van der Waals surface area contributed by atoms with Crippen molar-refractivity contribution in [2.45, 2.75) is 25.8 Å². The van der Waals surface area contributed by atoms with Gasteiger partial charge in [-0.25, -0.2) is 0 Å². The second-order valence-corrected chi connectivity index (χ2v) is 5.22. The van der Waals surface area contributed by atoms with Crippen LogP contribution >= 0.6 is 0 Å². The van der Waals surface area contributed by atoms with E-state index in [1.807, 2.05) is 31.2 Å². The lowest BCUT2D eigenvalue weighted by Crippen LogP contribution is -2.21. The van der Waals surface area contributed by atoms with E-state index >= 15 is 0 Å². The lowest BCUT2D eigenvalue weighted by molar-refractivity contribution is -0.0211. The third kappa shape index (κ3) is 2.56. The van der Waals surface area contributed by atoms with Crippen LogP contribution in [0.3, 0.4) is 0 Å². The molecule has 0 saturated carbocycles. The average Bonchev–Trinajstić information content (AvgIpc) is 2.91. The van der Waals surface area contributed by atoms with E-state index < -0.39 is 5.92 Å². The summed E-state index contributed by atoms with van der Waals surface area (Å²) in [5, 5.41) is 1.01. The van der Waals surface area contributed by atoms with Gasteiger partial charge in [0.1, 0.15) is 0 Å². The Hall–Kier alpha value is -2.16. The number of benzene rings is 2. The maximum Gasteiger partial charge on any atom is 0.290 e. The van der Waals surface area contributed by atoms with E-state index in [4.69, 9.17) is 0 Å². The molecule has 0 bridgehead atoms. The van der Waals surface area contributed by atoms with Crippen molar-refractivity contribution in [1.82, 2.24) is 4.57 Å². The highest BCUT2D eigenvalue weighted by Crippen LogP contribution is 2.32. The second-order valence-electron chi connectivity index (χ2n) is 5.22. The fourth-order valence-corrected chi connectivity index (χ4v) is 2.75. The molecule has 2 aromatic carbocycles. The monoisotopic (exact) mass is 285 g/mol. The molecular weight excluding hydrogens is 268 g/mol. The molecular formula is C18H17F2N. The molecule has 3 rings (SSSR count). The van der Waals surface area contributed by atoms with Crippen molar-refractivity contribution in [2.75, 3.05) is 0 Å². The van der Waals surface area contributed by atoms with E-state index in [1.54, 1.807) is 29.0 Å². The predicted molar refractivity (Wildman–Crippen MR) is 81.7 cm³/mol. The number of alkyl halides is 2. The number of para-hydroxylation sites is 1. The molecule has 0 fully saturated rings. The highest BCUT2D eigenvalue weighted by Gasteiger charge is 2.32. The zero-order valence-electron chi connectivity index (χ0n) is 11.9. The van der Waals surface area contributed by atoms with E-state index in [9.17, 15) is 8.78 Å². The smallest absolute Gasteiger partial charge is 0.290 e. The highest BCUT2D eigenvalue weighted by atomic mass is 19.3. The summed E-state index contributed by atoms with van der Waals surface area (Å²) in [6, 6.07) is 15.8. The molecule has 0 atom stereocenters. The maximum atomic E-state index is 14.5. The van der Waals surface area contributed by atoms with Crippen LogP contribution < -0.4 is 0 Å². The van der Waals surface area contributed by atoms with Gasteiger partial charge in [-0.3, -0.25) is 0 Å². The van der Waals surface area contributed by atoms with Gasteiger partial charge < -0.3 is 4.57 Å². The molecule has 1 aromatic heterocycles. The van der Waals surface area contributed by atoms with Crippen molar-refractivity contribution in [1.29, 1.82) is 0 Å². The molecule has 0 N–H and O–H groups in total. The molecule has 1 nitrogen and oxygen atoms in total. The van der Waals surface area contributed by atoms with Gasteiger partial charge in [0, 0.05) is 11.8 Å². The number of halogens is 2. The van der Waals surface area contributed by atoms with Crippen molar-refractivity contribution in [3.8, 4) is 0 Å². The first-order valence-electron chi connectivity index (χ1n) is 7.12. The van der Waals surface area contributed by atoms with E-state index in [-0.39, 0.29) is 12.1 Å². The molecule has 0 aliphatic heterocycles. The van der Waals surface area contributed by atoms with Gasteiger partial charge in [0.05, 0.1) is 12.1 Å². The Bertz CT molecular complexity index is 744. The Balaban J connectivity index is 2.02. The number of fused-ring (bicyclic) bond motifs is 1. The number of hydrogen-bond acceptors (Lipinski definition) is 0. The first-order valence-corrected chi connectivity index (χ1v) is 7.12. The van der Waals surface area contributed by atoms with Crippen LogP contribution in [-0.2, 0) is 18.9 Å². The fraction of sp³-hybridized carbons (Fsp3) is 0.222. The molecule has 108 valence electrons. The molecule has 0 amide bonds. The number of hydrogen-bond donors (Lipinski definition) is 0. The number of aromatic nitrogens is 1. The minimum absolute atomic E-state index is 0.0563. The Kier molecular flexibility index (Phi) is 3.50. The average molecular weight is 285 g/mol. The van der Waals surface area contributed by atoms with Gasteiger partial charge in [-0.15, -0.1) is 0 Å². The van der Waals surface area contributed by atoms with Crippen LogP contribution in [0.25, 0.3) is 10.9 Å². The molecule has 0 unspecified atom stereocenters. The Morgan fingerprint density at radius 2 is 1.71 bits per heavy atom. The summed E-state index contributed by atoms with van der Waals surface area (Å²) in [6.45, 7) is 1.71. The number of aryl methyl sites for hydroxylation is 1. The lowest BCUT2D eigenvalue weighted by atomic mass is 10.1. The van der Waals surface area contributed by atoms with Crippen LogP contribution in [0.15, 0.2) is 60.8 Å². The van der Waals surface area contributed by atoms with Gasteiger partial charge in [-0.1, -0.05) is 55.5 Å². The zero-order chi connectivity index (χ0) is 14.9. The first kappa shape index (κ1) is 13.8. The van der Waals surface area contributed by atoms with E-state index in [2.05, 4.69) is 0 Å². The van der Waals surface area contributed by atoms with Crippen LogP contribution in [0.1, 0.15) is 18.1 Å². The normalized spacial score (nSPS) is 12.0. The van der Waals surface area contributed by atoms with E-state index in [0.29, 0.717) is 0 Å². The molecule has 3 aromatic rings. The van der Waals surface area contributed by atoms with Gasteiger partial charge in [-0.05, 0) is 23.4 Å². The zero-order valence-corrected chi connectivity index (χ0v) is 11.9. The molecule has 0 aliphatic rings. The summed E-state index contributed by atoms with van der Waals surface area (Å²) in [5.74, 6) is -2.88. The number of nitrogens with zero attached hydrogens (tertiary/aromatic N) is 1. The molecule has 0 radical (unpaired) electrons. The van der Waals surface area contributed by atoms with E-state index in [0.717, 1.165) is 22.9 Å². The Labute approximate surface area is 122 Å². The van der Waals surface area contributed by atoms with Crippen LogP contribution in [0.5, 0.6) is 0 Å². The summed E-state index contributed by atoms with van der Waals surface area (Å²) >= 11 is 0. The van der Waals surface area contributed by atoms with Crippen molar-refractivity contribution < 1.29 is 8.78 Å². The summed E-state index contributed by atoms with van der Waals surface area (Å²) in [4.78, 5) is 0. The SMILES string of the molecule is CCc1cccc2ccn(CC(F)(F)c3ccccc3)c12. The highest BCUT2D eigenvalue weighted by molar-refractivity contribution is 5.83. The van der Waals surface area contributed by atoms with Gasteiger partial charge in [0.2, 0.25) is 0 Å². The third-order valence-corrected chi connectivity index (χ3v) is 3.82. The largest absolute Gasteiger partial charge is 0.341 e. The van der Waals surface area contributed by atoms with Gasteiger partial charge >= 0.3 is 0 Å². The fourth-order valence-electron chi connectivity index (χ4n) is 2.75. The molecule has 0 aliphatic carbocycles. The maximum absolute atomic E-state index is 14.5. The minimum Gasteiger partial charge on any atom is -0.341 e. The Morgan fingerprint density at radius 1 is 0.952 bits per heavy atom. The Morgan fingerprint density at radius 3 is 2.43 bits per heavy atom. The third-order valence-electron chi connectivity index (χ3n) is 3.82. The van der Waals surface area contributed by atoms with Crippen molar-refractivity contribution in [2.24, 2.45) is 0 Å². The van der Waals surface area contributed by atoms with Gasteiger partial charge in [0.25, 0.3) is 5.92 Å². The summed E-state index contributed by atoms with van der Waals surface area (Å²) in [7, 11) is 0. The van der Waals surface area contributed by atoms with Gasteiger partial charge in [0.15, 0.2) is 0 Å². The first-order chi connectivity index (χ1) is 10.1. The van der Waals surface area contributed by atoms with Crippen LogP contribution in [0.4, 0.5) is 8.78 Å². The molecule has 3 heteroatoms. The van der Waals surface area contributed by atoms with Crippen LogP contribution in [-0.4, -0.2) is 4.57 Å². The lowest BCUT2D eigenvalue weighted by Gasteiger charge is -2.19. The quantitative estimate of drug-likeness (QED) is 0.636. The van der Waals surface area contributed by atoms with Crippen molar-refractivity contribution in [3.63, 3.8) is 0 Å². The molecule has 0 spiro atoms. The summed E-state index contributed by atoms with van der Waals surface area (Å²) in [5.41, 5.74) is 2.07. The molecule has 21 heavy (non-hydrogen) atoms. The second kappa shape index (κ2) is 5.32. The minimum atomic E-state index is -2.88. The molecule has 1 heterocycles. The van der Waals surface area contributed by atoms with Crippen molar-refractivity contribution >= 4 is 10.9 Å². The van der Waals surface area contributed by atoms with Crippen molar-refractivity contribution in [3.05, 3.63) is 71.9 Å². The summed E-state index contributed by atoms with van der Waals surface area (Å²) < 4.78 is 30.6. The van der Waals surface area contributed by atoms with Crippen LogP contribution in [0, 0.1) is 0 Å². The predicted octanol–water partition coefficient (Wildman–Crippen LogP) is 5.00. The standard InChI is InChI=1S/C18H17F2N/c1-2-14-7-6-8-15-11-12-21(17(14)15)13-18(19,20)16-9-4-3-5-10-16/h3-12H,2,13H2,1H3. The number of rotatable bonds is 4. The van der Waals surface area contributed by atoms with Gasteiger partial charge in [-0.2, -0.15) is 8.78 Å². The van der Waals surface area contributed by atoms with Crippen LogP contribution in [0.2, 0.25) is 0 Å².